The van der Waals surface area contributed by atoms with Crippen molar-refractivity contribution in [3.8, 4) is 5.75 Å². The van der Waals surface area contributed by atoms with Crippen LogP contribution in [-0.4, -0.2) is 39.6 Å². The van der Waals surface area contributed by atoms with Crippen molar-refractivity contribution < 1.29 is 19.5 Å². The highest BCUT2D eigenvalue weighted by Crippen LogP contribution is 2.28. The molecule has 39 heavy (non-hydrogen) atoms. The molecule has 1 unspecified atom stereocenters. The fraction of sp³-hybridized carbons (Fsp3) is 0.258. The Bertz CT molecular complexity index is 1440. The van der Waals surface area contributed by atoms with Crippen molar-refractivity contribution >= 4 is 22.7 Å². The van der Waals surface area contributed by atoms with Gasteiger partial charge in [-0.1, -0.05) is 48.5 Å². The number of para-hydroxylation sites is 1. The molecule has 1 aliphatic heterocycles. The van der Waals surface area contributed by atoms with Crippen molar-refractivity contribution in [3.63, 3.8) is 0 Å². The number of carbonyl (C=O) groups is 2. The highest BCUT2D eigenvalue weighted by molar-refractivity contribution is 5.94. The Morgan fingerprint density at radius 2 is 1.77 bits per heavy atom. The van der Waals surface area contributed by atoms with Crippen LogP contribution in [-0.2, 0) is 17.9 Å². The number of nitrogens with one attached hydrogen (secondary N) is 2. The standard InChI is InChI=1S/C31H32N4O4/c1-21-17-25(27-9-5-6-10-28(27)32-21)20-39-26-13-11-23(12-14-26)31(37)33-30-24(18-29(36)34-38)15-16-35(30)19-22-7-3-2-4-8-22/h2-14,17,24,30,38H,15-16,18-20H2,1H3,(H,33,37)(H,34,36)/t24-,30?/m0/s1. The number of aromatic nitrogens is 1. The molecule has 1 fully saturated rings. The number of ether oxygens (including phenoxy) is 1. The molecule has 1 aromatic heterocycles. The summed E-state index contributed by atoms with van der Waals surface area (Å²) in [5.41, 5.74) is 6.27. The molecule has 3 aromatic carbocycles. The summed E-state index contributed by atoms with van der Waals surface area (Å²) in [6, 6.07) is 27.1. The molecule has 1 aliphatic rings. The van der Waals surface area contributed by atoms with Gasteiger partial charge in [-0.25, -0.2) is 5.48 Å². The molecule has 0 aliphatic carbocycles. The molecular weight excluding hydrogens is 492 g/mol. The number of nitrogens with zero attached hydrogens (tertiary/aromatic N) is 2. The lowest BCUT2D eigenvalue weighted by Crippen LogP contribution is -2.48. The van der Waals surface area contributed by atoms with Crippen molar-refractivity contribution in [2.24, 2.45) is 5.92 Å². The average Bonchev–Trinajstić information content (AvgIpc) is 3.32. The first-order valence-electron chi connectivity index (χ1n) is 13.1. The number of rotatable bonds is 9. The maximum Gasteiger partial charge on any atom is 0.252 e. The summed E-state index contributed by atoms with van der Waals surface area (Å²) in [5, 5.41) is 13.2. The van der Waals surface area contributed by atoms with Crippen LogP contribution in [0.15, 0.2) is 84.9 Å². The van der Waals surface area contributed by atoms with Gasteiger partial charge in [-0.15, -0.1) is 0 Å². The molecule has 200 valence electrons. The normalized spacial score (nSPS) is 17.2. The van der Waals surface area contributed by atoms with E-state index >= 15 is 0 Å². The van der Waals surface area contributed by atoms with Gasteiger partial charge in [-0.2, -0.15) is 0 Å². The van der Waals surface area contributed by atoms with Gasteiger partial charge in [0.1, 0.15) is 12.4 Å². The van der Waals surface area contributed by atoms with E-state index in [9.17, 15) is 9.59 Å². The summed E-state index contributed by atoms with van der Waals surface area (Å²) in [4.78, 5) is 31.9. The molecule has 0 radical (unpaired) electrons. The molecule has 0 saturated carbocycles. The van der Waals surface area contributed by atoms with Crippen molar-refractivity contribution in [2.45, 2.75) is 39.1 Å². The summed E-state index contributed by atoms with van der Waals surface area (Å²) in [6.07, 6.45) is 0.526. The second-order valence-electron chi connectivity index (χ2n) is 9.92. The lowest BCUT2D eigenvalue weighted by molar-refractivity contribution is -0.130. The predicted octanol–water partition coefficient (Wildman–Crippen LogP) is 4.60. The second-order valence-corrected chi connectivity index (χ2v) is 9.92. The number of hydroxylamine groups is 1. The van der Waals surface area contributed by atoms with E-state index in [2.05, 4.69) is 15.2 Å². The molecule has 3 N–H and O–H groups in total. The lowest BCUT2D eigenvalue weighted by Gasteiger charge is -2.29. The van der Waals surface area contributed by atoms with Gasteiger partial charge < -0.3 is 10.1 Å². The smallest absolute Gasteiger partial charge is 0.252 e. The molecule has 2 atom stereocenters. The minimum Gasteiger partial charge on any atom is -0.489 e. The van der Waals surface area contributed by atoms with Gasteiger partial charge >= 0.3 is 0 Å². The molecule has 2 heterocycles. The lowest BCUT2D eigenvalue weighted by atomic mass is 10.0. The minimum atomic E-state index is -0.459. The Balaban J connectivity index is 1.25. The monoisotopic (exact) mass is 524 g/mol. The minimum absolute atomic E-state index is 0.119. The topological polar surface area (TPSA) is 104 Å². The van der Waals surface area contributed by atoms with Crippen molar-refractivity contribution in [1.29, 1.82) is 0 Å². The molecule has 2 amide bonds. The third-order valence-corrected chi connectivity index (χ3v) is 7.15. The third-order valence-electron chi connectivity index (χ3n) is 7.15. The first-order chi connectivity index (χ1) is 19.0. The van der Waals surface area contributed by atoms with Gasteiger partial charge in [0.25, 0.3) is 5.91 Å². The molecule has 5 rings (SSSR count). The summed E-state index contributed by atoms with van der Waals surface area (Å²) in [5.74, 6) is -0.142. The van der Waals surface area contributed by atoms with Gasteiger partial charge in [0.15, 0.2) is 0 Å². The molecule has 8 heteroatoms. The summed E-state index contributed by atoms with van der Waals surface area (Å²) in [6.45, 7) is 3.74. The van der Waals surface area contributed by atoms with Gasteiger partial charge in [0, 0.05) is 47.6 Å². The first kappa shape index (κ1) is 26.3. The molecule has 4 aromatic rings. The van der Waals surface area contributed by atoms with E-state index in [1.165, 1.54) is 0 Å². The maximum atomic E-state index is 13.2. The maximum absolute atomic E-state index is 13.2. The molecular formula is C31H32N4O4. The van der Waals surface area contributed by atoms with E-state index in [0.29, 0.717) is 24.5 Å². The molecule has 1 saturated heterocycles. The Morgan fingerprint density at radius 3 is 2.54 bits per heavy atom. The highest BCUT2D eigenvalue weighted by Gasteiger charge is 2.36. The van der Waals surface area contributed by atoms with E-state index in [1.807, 2.05) is 67.6 Å². The van der Waals surface area contributed by atoms with Crippen LogP contribution in [0.1, 0.15) is 40.0 Å². The van der Waals surface area contributed by atoms with Gasteiger partial charge in [0.05, 0.1) is 11.7 Å². The zero-order valence-electron chi connectivity index (χ0n) is 21.8. The Kier molecular flexibility index (Phi) is 8.15. The average molecular weight is 525 g/mol. The number of hydrogen-bond acceptors (Lipinski definition) is 6. The number of pyridine rings is 1. The fourth-order valence-corrected chi connectivity index (χ4v) is 5.22. The van der Waals surface area contributed by atoms with E-state index in [1.54, 1.807) is 29.7 Å². The van der Waals surface area contributed by atoms with Crippen LogP contribution in [0.2, 0.25) is 0 Å². The number of benzene rings is 3. The fourth-order valence-electron chi connectivity index (χ4n) is 5.22. The number of aryl methyl sites for hydroxylation is 1. The van der Waals surface area contributed by atoms with Crippen LogP contribution in [0.5, 0.6) is 5.75 Å². The number of hydrogen-bond donors (Lipinski definition) is 3. The van der Waals surface area contributed by atoms with Crippen LogP contribution >= 0.6 is 0 Å². The molecule has 0 spiro atoms. The van der Waals surface area contributed by atoms with Gasteiger partial charge in [0.2, 0.25) is 5.91 Å². The van der Waals surface area contributed by atoms with Crippen LogP contribution < -0.4 is 15.5 Å². The number of carbonyl (C=O) groups excluding carboxylic acids is 2. The Labute approximate surface area is 227 Å². The molecule has 0 bridgehead atoms. The van der Waals surface area contributed by atoms with E-state index < -0.39 is 5.91 Å². The second kappa shape index (κ2) is 12.1. The predicted molar refractivity (Wildman–Crippen MR) is 148 cm³/mol. The van der Waals surface area contributed by atoms with Crippen LogP contribution in [0.4, 0.5) is 0 Å². The van der Waals surface area contributed by atoms with Crippen LogP contribution in [0.25, 0.3) is 10.9 Å². The SMILES string of the molecule is Cc1cc(COc2ccc(C(=O)NC3[C@H](CC(=O)NO)CCN3Cc3ccccc3)cc2)c2ccccc2n1. The van der Waals surface area contributed by atoms with E-state index in [0.717, 1.165) is 40.7 Å². The Hall–Kier alpha value is -4.27. The van der Waals surface area contributed by atoms with Gasteiger partial charge in [-0.05, 0) is 55.3 Å². The van der Waals surface area contributed by atoms with Gasteiger partial charge in [-0.3, -0.25) is 24.7 Å². The highest BCUT2D eigenvalue weighted by atomic mass is 16.5. The van der Waals surface area contributed by atoms with Crippen LogP contribution in [0, 0.1) is 12.8 Å². The summed E-state index contributed by atoms with van der Waals surface area (Å²) >= 11 is 0. The molecule has 8 nitrogen and oxygen atoms in total. The van der Waals surface area contributed by atoms with E-state index in [-0.39, 0.29) is 24.4 Å². The zero-order chi connectivity index (χ0) is 27.2. The number of fused-ring (bicyclic) bond motifs is 1. The Morgan fingerprint density at radius 1 is 1.03 bits per heavy atom. The third kappa shape index (κ3) is 6.42. The quantitative estimate of drug-likeness (QED) is 0.219. The summed E-state index contributed by atoms with van der Waals surface area (Å²) < 4.78 is 6.04. The van der Waals surface area contributed by atoms with Crippen molar-refractivity contribution in [2.75, 3.05) is 6.54 Å². The largest absolute Gasteiger partial charge is 0.489 e. The first-order valence-corrected chi connectivity index (χ1v) is 13.1. The summed E-state index contributed by atoms with van der Waals surface area (Å²) in [7, 11) is 0. The number of likely N-dealkylation sites (tertiary alicyclic amines) is 1. The van der Waals surface area contributed by atoms with Crippen molar-refractivity contribution in [1.82, 2.24) is 20.7 Å². The number of amides is 2. The zero-order valence-corrected chi connectivity index (χ0v) is 21.8. The van der Waals surface area contributed by atoms with E-state index in [4.69, 9.17) is 9.94 Å². The van der Waals surface area contributed by atoms with Crippen LogP contribution in [0.3, 0.4) is 0 Å². The van der Waals surface area contributed by atoms with Crippen molar-refractivity contribution in [3.05, 3.63) is 107 Å².